The Morgan fingerprint density at radius 1 is 0.968 bits per heavy atom. The molecular weight excluding hydrogens is 416 g/mol. The van der Waals surface area contributed by atoms with Crippen LogP contribution < -0.4 is 20.1 Å². The molecule has 158 valence electrons. The minimum absolute atomic E-state index is 0.00134. The van der Waals surface area contributed by atoms with Gasteiger partial charge in [0.05, 0.1) is 18.4 Å². The van der Waals surface area contributed by atoms with E-state index in [1.54, 1.807) is 24.3 Å². The third-order valence-corrected chi connectivity index (χ3v) is 4.47. The Bertz CT molecular complexity index is 1100. The van der Waals surface area contributed by atoms with E-state index in [2.05, 4.69) is 10.6 Å². The number of benzene rings is 3. The Labute approximate surface area is 184 Å². The van der Waals surface area contributed by atoms with Crippen molar-refractivity contribution in [3.63, 3.8) is 0 Å². The molecule has 0 radical (unpaired) electrons. The van der Waals surface area contributed by atoms with Gasteiger partial charge in [-0.2, -0.15) is 0 Å². The Morgan fingerprint density at radius 3 is 2.45 bits per heavy atom. The van der Waals surface area contributed by atoms with Gasteiger partial charge in [0.25, 0.3) is 5.91 Å². The van der Waals surface area contributed by atoms with Gasteiger partial charge in [0.1, 0.15) is 18.1 Å². The van der Waals surface area contributed by atoms with E-state index in [9.17, 15) is 9.59 Å². The average Bonchev–Trinajstić information content (AvgIpc) is 2.78. The molecule has 0 saturated heterocycles. The molecule has 3 aromatic carbocycles. The van der Waals surface area contributed by atoms with Crippen LogP contribution >= 0.6 is 12.2 Å². The molecular formula is C23H20N2O5S. The smallest absolute Gasteiger partial charge is 0.335 e. The molecule has 31 heavy (non-hydrogen) atoms. The molecule has 0 aliphatic carbocycles. The van der Waals surface area contributed by atoms with Crippen LogP contribution in [0.4, 0.5) is 5.69 Å². The molecule has 3 N–H and O–H groups in total. The number of rotatable bonds is 7. The molecule has 3 rings (SSSR count). The fraction of sp³-hybridized carbons (Fsp3) is 0.0870. The van der Waals surface area contributed by atoms with Crippen LogP contribution in [0.25, 0.3) is 0 Å². The number of hydrogen-bond acceptors (Lipinski definition) is 5. The number of hydrogen-bond donors (Lipinski definition) is 3. The van der Waals surface area contributed by atoms with Gasteiger partial charge in [0.15, 0.2) is 5.11 Å². The van der Waals surface area contributed by atoms with Crippen LogP contribution in [0, 0.1) is 0 Å². The van der Waals surface area contributed by atoms with Crippen molar-refractivity contribution >= 4 is 34.9 Å². The first-order valence-corrected chi connectivity index (χ1v) is 9.67. The monoisotopic (exact) mass is 436 g/mol. The van der Waals surface area contributed by atoms with Gasteiger partial charge in [0, 0.05) is 5.56 Å². The highest BCUT2D eigenvalue weighted by Gasteiger charge is 2.13. The predicted octanol–water partition coefficient (Wildman–Crippen LogP) is 4.10. The molecule has 8 heteroatoms. The van der Waals surface area contributed by atoms with Crippen LogP contribution in [0.3, 0.4) is 0 Å². The number of anilines is 1. The van der Waals surface area contributed by atoms with Crippen molar-refractivity contribution in [3.8, 4) is 11.5 Å². The number of carbonyl (C=O) groups excluding carboxylic acids is 1. The molecule has 0 aromatic heterocycles. The Morgan fingerprint density at radius 2 is 1.74 bits per heavy atom. The van der Waals surface area contributed by atoms with Crippen molar-refractivity contribution in [1.29, 1.82) is 0 Å². The first-order chi connectivity index (χ1) is 15.0. The number of carbonyl (C=O) groups is 2. The van der Waals surface area contributed by atoms with Crippen LogP contribution in [0.2, 0.25) is 0 Å². The van der Waals surface area contributed by atoms with E-state index < -0.39 is 11.9 Å². The maximum atomic E-state index is 12.6. The van der Waals surface area contributed by atoms with Gasteiger partial charge in [-0.25, -0.2) is 4.79 Å². The minimum Gasteiger partial charge on any atom is -0.495 e. The molecule has 0 aliphatic heterocycles. The fourth-order valence-corrected chi connectivity index (χ4v) is 2.94. The van der Waals surface area contributed by atoms with Gasteiger partial charge >= 0.3 is 5.97 Å². The number of nitrogens with one attached hydrogen (secondary N) is 2. The van der Waals surface area contributed by atoms with Crippen LogP contribution in [0.5, 0.6) is 11.5 Å². The molecule has 0 aliphatic rings. The minimum atomic E-state index is -1.09. The van der Waals surface area contributed by atoms with Crippen LogP contribution in [-0.4, -0.2) is 29.2 Å². The number of carboxylic acid groups (broad SMARTS) is 1. The van der Waals surface area contributed by atoms with E-state index in [0.29, 0.717) is 29.4 Å². The number of aromatic carboxylic acids is 1. The summed E-state index contributed by atoms with van der Waals surface area (Å²) in [6.07, 6.45) is 0. The summed E-state index contributed by atoms with van der Waals surface area (Å²) in [5.41, 5.74) is 1.76. The molecule has 0 bridgehead atoms. The second kappa shape index (κ2) is 10.2. The molecule has 0 saturated carbocycles. The summed E-state index contributed by atoms with van der Waals surface area (Å²) in [5.74, 6) is -0.590. The Balaban J connectivity index is 1.64. The van der Waals surface area contributed by atoms with Crippen molar-refractivity contribution < 1.29 is 24.2 Å². The molecule has 7 nitrogen and oxygen atoms in total. The van der Waals surface area contributed by atoms with Gasteiger partial charge in [-0.3, -0.25) is 10.1 Å². The standard InChI is InChI=1S/C23H20N2O5S/c1-29-20-11-10-17(22(27)28)13-19(20)24-23(31)25-21(26)16-8-5-9-18(12-16)30-14-15-6-3-2-4-7-15/h2-13H,14H2,1H3,(H,27,28)(H2,24,25,26,31). The molecule has 0 atom stereocenters. The van der Waals surface area contributed by atoms with Crippen molar-refractivity contribution in [3.05, 3.63) is 89.5 Å². The number of carboxylic acids is 1. The normalized spacial score (nSPS) is 10.1. The summed E-state index contributed by atoms with van der Waals surface area (Å²) in [7, 11) is 1.45. The predicted molar refractivity (Wildman–Crippen MR) is 121 cm³/mol. The summed E-state index contributed by atoms with van der Waals surface area (Å²) < 4.78 is 11.0. The maximum absolute atomic E-state index is 12.6. The zero-order valence-corrected chi connectivity index (χ0v) is 17.4. The van der Waals surface area contributed by atoms with E-state index in [1.165, 1.54) is 25.3 Å². The van der Waals surface area contributed by atoms with Crippen LogP contribution in [0.1, 0.15) is 26.3 Å². The summed E-state index contributed by atoms with van der Waals surface area (Å²) in [5, 5.41) is 14.5. The molecule has 0 spiro atoms. The molecule has 0 heterocycles. The van der Waals surface area contributed by atoms with Gasteiger partial charge in [0.2, 0.25) is 0 Å². The second-order valence-electron chi connectivity index (χ2n) is 6.43. The highest BCUT2D eigenvalue weighted by Crippen LogP contribution is 2.25. The zero-order valence-electron chi connectivity index (χ0n) is 16.6. The van der Waals surface area contributed by atoms with Crippen molar-refractivity contribution in [2.24, 2.45) is 0 Å². The number of methoxy groups -OCH3 is 1. The Hall–Kier alpha value is -3.91. The van der Waals surface area contributed by atoms with E-state index in [-0.39, 0.29) is 10.7 Å². The summed E-state index contributed by atoms with van der Waals surface area (Å²) in [6, 6.07) is 20.7. The fourth-order valence-electron chi connectivity index (χ4n) is 2.74. The van der Waals surface area contributed by atoms with Crippen molar-refractivity contribution in [2.75, 3.05) is 12.4 Å². The summed E-state index contributed by atoms with van der Waals surface area (Å²) >= 11 is 5.20. The highest BCUT2D eigenvalue weighted by atomic mass is 32.1. The lowest BCUT2D eigenvalue weighted by Gasteiger charge is -2.14. The van der Waals surface area contributed by atoms with Crippen LogP contribution in [-0.2, 0) is 6.61 Å². The largest absolute Gasteiger partial charge is 0.495 e. The van der Waals surface area contributed by atoms with E-state index in [4.69, 9.17) is 26.8 Å². The van der Waals surface area contributed by atoms with Crippen molar-refractivity contribution in [2.45, 2.75) is 6.61 Å². The lowest BCUT2D eigenvalue weighted by atomic mass is 10.2. The Kier molecular flexibility index (Phi) is 7.18. The lowest BCUT2D eigenvalue weighted by Crippen LogP contribution is -2.34. The SMILES string of the molecule is COc1ccc(C(=O)O)cc1NC(=S)NC(=O)c1cccc(OCc2ccccc2)c1. The highest BCUT2D eigenvalue weighted by molar-refractivity contribution is 7.80. The third kappa shape index (κ3) is 6.03. The first-order valence-electron chi connectivity index (χ1n) is 9.26. The third-order valence-electron chi connectivity index (χ3n) is 4.27. The van der Waals surface area contributed by atoms with Gasteiger partial charge in [-0.15, -0.1) is 0 Å². The number of thiocarbonyl (C=S) groups is 1. The van der Waals surface area contributed by atoms with Crippen LogP contribution in [0.15, 0.2) is 72.8 Å². The lowest BCUT2D eigenvalue weighted by molar-refractivity contribution is 0.0696. The van der Waals surface area contributed by atoms with E-state index in [0.717, 1.165) is 5.56 Å². The summed E-state index contributed by atoms with van der Waals surface area (Å²) in [6.45, 7) is 0.381. The van der Waals surface area contributed by atoms with E-state index >= 15 is 0 Å². The molecule has 0 unspecified atom stereocenters. The summed E-state index contributed by atoms with van der Waals surface area (Å²) in [4.78, 5) is 23.8. The first kappa shape index (κ1) is 21.8. The van der Waals surface area contributed by atoms with Gasteiger partial charge in [-0.05, 0) is 54.2 Å². The van der Waals surface area contributed by atoms with Crippen molar-refractivity contribution in [1.82, 2.24) is 5.32 Å². The number of amides is 1. The van der Waals surface area contributed by atoms with Gasteiger partial charge in [-0.1, -0.05) is 36.4 Å². The average molecular weight is 436 g/mol. The van der Waals surface area contributed by atoms with E-state index in [1.807, 2.05) is 30.3 Å². The zero-order chi connectivity index (χ0) is 22.2. The number of ether oxygens (including phenoxy) is 2. The molecule has 1 amide bonds. The van der Waals surface area contributed by atoms with Gasteiger partial charge < -0.3 is 19.9 Å². The quantitative estimate of drug-likeness (QED) is 0.480. The topological polar surface area (TPSA) is 96.9 Å². The molecule has 0 fully saturated rings. The maximum Gasteiger partial charge on any atom is 0.335 e. The second-order valence-corrected chi connectivity index (χ2v) is 6.84. The molecule has 3 aromatic rings.